The van der Waals surface area contributed by atoms with Crippen LogP contribution in [0, 0.1) is 6.07 Å². The van der Waals surface area contributed by atoms with Crippen molar-refractivity contribution in [1.82, 2.24) is 0 Å². The topological polar surface area (TPSA) is 13.1 Å². The van der Waals surface area contributed by atoms with Crippen molar-refractivity contribution >= 4 is 21.7 Å². The van der Waals surface area contributed by atoms with Crippen LogP contribution in [0.1, 0.15) is 0 Å². The molecule has 0 amide bonds. The second-order valence-corrected chi connectivity index (χ2v) is 3.04. The molecule has 0 aliphatic carbocycles. The summed E-state index contributed by atoms with van der Waals surface area (Å²) in [4.78, 5) is 0. The third-order valence-electron chi connectivity index (χ3n) is 2.27. The Morgan fingerprint density at radius 2 is 1.92 bits per heavy atom. The van der Waals surface area contributed by atoms with Gasteiger partial charge in [0.15, 0.2) is 0 Å². The van der Waals surface area contributed by atoms with Gasteiger partial charge in [-0.25, -0.2) is 0 Å². The van der Waals surface area contributed by atoms with Gasteiger partial charge in [0, 0.05) is 16.8 Å². The normalized spacial score (nSPS) is 11.1. The maximum Gasteiger partial charge on any atom is 0.142 e. The van der Waals surface area contributed by atoms with Gasteiger partial charge in [-0.05, 0) is 11.5 Å². The summed E-state index contributed by atoms with van der Waals surface area (Å²) in [7, 11) is 0. The lowest BCUT2D eigenvalue weighted by molar-refractivity contribution is 0.618. The first-order chi connectivity index (χ1) is 6.45. The molecule has 0 bridgehead atoms. The van der Waals surface area contributed by atoms with Gasteiger partial charge in [-0.15, -0.1) is 0 Å². The molecule has 1 heteroatoms. The average molecular weight is 167 g/mol. The summed E-state index contributed by atoms with van der Waals surface area (Å²) in [6.45, 7) is 0. The molecule has 0 aliphatic rings. The van der Waals surface area contributed by atoms with E-state index in [1.807, 2.05) is 18.2 Å². The van der Waals surface area contributed by atoms with Crippen molar-refractivity contribution in [1.29, 1.82) is 0 Å². The molecule has 13 heavy (non-hydrogen) atoms. The van der Waals surface area contributed by atoms with Crippen molar-refractivity contribution in [2.45, 2.75) is 0 Å². The highest BCUT2D eigenvalue weighted by atomic mass is 16.3. The summed E-state index contributed by atoms with van der Waals surface area (Å²) in [5.41, 5.74) is 0.929. The molecule has 0 spiro atoms. The maximum absolute atomic E-state index is 5.38. The Hall–Kier alpha value is -1.76. The molecule has 61 valence electrons. The van der Waals surface area contributed by atoms with E-state index in [4.69, 9.17) is 4.42 Å². The van der Waals surface area contributed by atoms with Gasteiger partial charge in [0.25, 0.3) is 0 Å². The van der Waals surface area contributed by atoms with Crippen LogP contribution in [0.15, 0.2) is 47.1 Å². The average Bonchev–Trinajstić information content (AvgIpc) is 2.65. The number of rotatable bonds is 0. The summed E-state index contributed by atoms with van der Waals surface area (Å²) in [5, 5.41) is 3.40. The molecule has 1 radical (unpaired) electrons. The van der Waals surface area contributed by atoms with Gasteiger partial charge in [-0.2, -0.15) is 0 Å². The van der Waals surface area contributed by atoms with Crippen LogP contribution < -0.4 is 0 Å². The van der Waals surface area contributed by atoms with Crippen molar-refractivity contribution in [3.63, 3.8) is 0 Å². The predicted molar refractivity (Wildman–Crippen MR) is 52.6 cm³/mol. The molecule has 0 fully saturated rings. The standard InChI is InChI=1S/C12H7O/c1-2-4-11-9(3-1)5-6-10-7-8-13-12(10)11/h1-6,8H. The first-order valence-electron chi connectivity index (χ1n) is 4.22. The molecule has 0 aliphatic heterocycles. The lowest BCUT2D eigenvalue weighted by Gasteiger charge is -1.96. The highest BCUT2D eigenvalue weighted by molar-refractivity contribution is 6.03. The molecule has 2 aromatic carbocycles. The third kappa shape index (κ3) is 0.872. The molecule has 1 nitrogen and oxygen atoms in total. The second kappa shape index (κ2) is 2.36. The van der Waals surface area contributed by atoms with E-state index in [-0.39, 0.29) is 0 Å². The van der Waals surface area contributed by atoms with E-state index < -0.39 is 0 Å². The van der Waals surface area contributed by atoms with Crippen LogP contribution in [-0.4, -0.2) is 0 Å². The first-order valence-corrected chi connectivity index (χ1v) is 4.22. The van der Waals surface area contributed by atoms with E-state index in [9.17, 15) is 0 Å². The summed E-state index contributed by atoms with van der Waals surface area (Å²) in [6.07, 6.45) is 1.61. The lowest BCUT2D eigenvalue weighted by atomic mass is 10.1. The van der Waals surface area contributed by atoms with Crippen molar-refractivity contribution in [3.8, 4) is 0 Å². The van der Waals surface area contributed by atoms with Crippen LogP contribution in [0.25, 0.3) is 21.7 Å². The fraction of sp³-hybridized carbons (Fsp3) is 0. The molecule has 0 atom stereocenters. The Bertz CT molecular complexity index is 563. The van der Waals surface area contributed by atoms with Crippen LogP contribution in [0.5, 0.6) is 0 Å². The van der Waals surface area contributed by atoms with Crippen molar-refractivity contribution in [2.75, 3.05) is 0 Å². The van der Waals surface area contributed by atoms with Gasteiger partial charge in [-0.1, -0.05) is 30.3 Å². The summed E-state index contributed by atoms with van der Waals surface area (Å²) < 4.78 is 5.38. The van der Waals surface area contributed by atoms with Crippen LogP contribution in [0.4, 0.5) is 0 Å². The molecule has 0 saturated carbocycles. The SMILES string of the molecule is [c]1coc2c1ccc1ccccc12. The van der Waals surface area contributed by atoms with E-state index in [1.165, 1.54) is 5.39 Å². The molecule has 1 heterocycles. The Kier molecular flexibility index (Phi) is 1.22. The minimum atomic E-state index is 0.929. The number of benzene rings is 2. The molecular formula is C12H7O. The molecule has 1 aromatic heterocycles. The summed E-state index contributed by atoms with van der Waals surface area (Å²) >= 11 is 0. The van der Waals surface area contributed by atoms with E-state index >= 15 is 0 Å². The quantitative estimate of drug-likeness (QED) is 0.500. The molecule has 3 aromatic rings. The van der Waals surface area contributed by atoms with Gasteiger partial charge in [0.05, 0.1) is 6.26 Å². The third-order valence-corrected chi connectivity index (χ3v) is 2.27. The summed E-state index contributed by atoms with van der Waals surface area (Å²) in [6, 6.07) is 15.4. The Balaban J connectivity index is 2.65. The molecule has 0 N–H and O–H groups in total. The second-order valence-electron chi connectivity index (χ2n) is 3.04. The molecule has 0 saturated heterocycles. The monoisotopic (exact) mass is 167 g/mol. The van der Waals surface area contributed by atoms with Crippen molar-refractivity contribution in [2.24, 2.45) is 0 Å². The van der Waals surface area contributed by atoms with E-state index in [2.05, 4.69) is 24.3 Å². The zero-order valence-electron chi connectivity index (χ0n) is 6.95. The van der Waals surface area contributed by atoms with E-state index in [0.717, 1.165) is 16.4 Å². The number of hydrogen-bond donors (Lipinski definition) is 0. The smallest absolute Gasteiger partial charge is 0.142 e. The first kappa shape index (κ1) is 6.72. The van der Waals surface area contributed by atoms with Gasteiger partial charge in [-0.3, -0.25) is 0 Å². The molecular weight excluding hydrogens is 160 g/mol. The predicted octanol–water partition coefficient (Wildman–Crippen LogP) is 3.39. The van der Waals surface area contributed by atoms with Crippen LogP contribution >= 0.6 is 0 Å². The van der Waals surface area contributed by atoms with Gasteiger partial charge >= 0.3 is 0 Å². The van der Waals surface area contributed by atoms with Gasteiger partial charge < -0.3 is 4.42 Å². The minimum absolute atomic E-state index is 0.929. The molecule has 0 unspecified atom stereocenters. The fourth-order valence-corrected chi connectivity index (χ4v) is 1.64. The van der Waals surface area contributed by atoms with Gasteiger partial charge in [0.1, 0.15) is 5.58 Å². The molecule has 3 rings (SSSR count). The van der Waals surface area contributed by atoms with Crippen molar-refractivity contribution < 1.29 is 4.42 Å². The summed E-state index contributed by atoms with van der Waals surface area (Å²) in [5.74, 6) is 0. The van der Waals surface area contributed by atoms with Crippen LogP contribution in [0.3, 0.4) is 0 Å². The minimum Gasteiger partial charge on any atom is -0.463 e. The van der Waals surface area contributed by atoms with Crippen molar-refractivity contribution in [3.05, 3.63) is 48.7 Å². The zero-order chi connectivity index (χ0) is 8.67. The van der Waals surface area contributed by atoms with Crippen LogP contribution in [-0.2, 0) is 0 Å². The number of furan rings is 1. The van der Waals surface area contributed by atoms with E-state index in [0.29, 0.717) is 0 Å². The van der Waals surface area contributed by atoms with Crippen LogP contribution in [0.2, 0.25) is 0 Å². The zero-order valence-corrected chi connectivity index (χ0v) is 6.95. The fourth-order valence-electron chi connectivity index (χ4n) is 1.64. The Morgan fingerprint density at radius 1 is 1.00 bits per heavy atom. The Morgan fingerprint density at radius 3 is 2.92 bits per heavy atom. The number of hydrogen-bond acceptors (Lipinski definition) is 1. The van der Waals surface area contributed by atoms with E-state index in [1.54, 1.807) is 6.26 Å². The highest BCUT2D eigenvalue weighted by Crippen LogP contribution is 2.25. The largest absolute Gasteiger partial charge is 0.463 e. The maximum atomic E-state index is 5.38. The number of fused-ring (bicyclic) bond motifs is 3. The Labute approximate surface area is 75.6 Å². The highest BCUT2D eigenvalue weighted by Gasteiger charge is 2.01. The van der Waals surface area contributed by atoms with Gasteiger partial charge in [0.2, 0.25) is 0 Å². The lowest BCUT2D eigenvalue weighted by Crippen LogP contribution is -1.71.